The Balaban J connectivity index is 1.77. The van der Waals surface area contributed by atoms with E-state index in [4.69, 9.17) is 15.2 Å². The van der Waals surface area contributed by atoms with E-state index in [-0.39, 0.29) is 30.1 Å². The number of rotatable bonds is 8. The molecule has 2 aromatic rings. The molecule has 0 aromatic heterocycles. The molecule has 0 saturated heterocycles. The topological polar surface area (TPSA) is 134 Å². The van der Waals surface area contributed by atoms with Gasteiger partial charge in [-0.05, 0) is 31.5 Å². The maximum absolute atomic E-state index is 12.0. The summed E-state index contributed by atoms with van der Waals surface area (Å²) in [4.78, 5) is 33.9. The summed E-state index contributed by atoms with van der Waals surface area (Å²) in [5.74, 6) is -0.711. The summed E-state index contributed by atoms with van der Waals surface area (Å²) < 4.78 is 10.4. The van der Waals surface area contributed by atoms with Gasteiger partial charge in [0.15, 0.2) is 6.61 Å². The molecule has 0 bridgehead atoms. The standard InChI is InChI=1S/C19H21N3O6/c1-12-3-6-17(13(2)9-12)27-8-7-21-18(23)11-28-19(24)15-10-14(22(25)26)4-5-16(15)20/h3-6,9-10H,7-8,11,20H2,1-2H3,(H,21,23). The van der Waals surface area contributed by atoms with Crippen molar-refractivity contribution in [2.24, 2.45) is 0 Å². The van der Waals surface area contributed by atoms with Crippen LogP contribution in [0, 0.1) is 24.0 Å². The first-order valence-corrected chi connectivity index (χ1v) is 8.45. The highest BCUT2D eigenvalue weighted by molar-refractivity contribution is 5.96. The number of nitrogens with zero attached hydrogens (tertiary/aromatic N) is 1. The second-order valence-electron chi connectivity index (χ2n) is 6.07. The number of ether oxygens (including phenoxy) is 2. The second-order valence-corrected chi connectivity index (χ2v) is 6.07. The number of hydrogen-bond acceptors (Lipinski definition) is 7. The molecule has 0 fully saturated rings. The van der Waals surface area contributed by atoms with Crippen LogP contribution in [0.5, 0.6) is 5.75 Å². The normalized spacial score (nSPS) is 10.2. The molecule has 0 aliphatic rings. The number of aryl methyl sites for hydroxylation is 2. The van der Waals surface area contributed by atoms with Crippen LogP contribution in [0.25, 0.3) is 0 Å². The van der Waals surface area contributed by atoms with Crippen molar-refractivity contribution < 1.29 is 24.0 Å². The molecule has 0 atom stereocenters. The number of nitrogens with one attached hydrogen (secondary N) is 1. The van der Waals surface area contributed by atoms with Gasteiger partial charge in [-0.1, -0.05) is 17.7 Å². The molecule has 1 amide bonds. The van der Waals surface area contributed by atoms with Crippen molar-refractivity contribution in [2.75, 3.05) is 25.5 Å². The summed E-state index contributed by atoms with van der Waals surface area (Å²) in [5, 5.41) is 13.3. The van der Waals surface area contributed by atoms with Crippen LogP contribution in [-0.4, -0.2) is 36.6 Å². The average Bonchev–Trinajstić information content (AvgIpc) is 2.64. The molecule has 0 radical (unpaired) electrons. The molecular weight excluding hydrogens is 366 g/mol. The first kappa shape index (κ1) is 20.7. The number of non-ortho nitro benzene ring substituents is 1. The monoisotopic (exact) mass is 387 g/mol. The van der Waals surface area contributed by atoms with Crippen LogP contribution >= 0.6 is 0 Å². The molecule has 28 heavy (non-hydrogen) atoms. The lowest BCUT2D eigenvalue weighted by Crippen LogP contribution is -2.32. The quantitative estimate of drug-likeness (QED) is 0.233. The number of nitrogens with two attached hydrogens (primary N) is 1. The van der Waals surface area contributed by atoms with Crippen molar-refractivity contribution in [3.8, 4) is 5.75 Å². The van der Waals surface area contributed by atoms with Gasteiger partial charge in [-0.3, -0.25) is 14.9 Å². The molecule has 2 aromatic carbocycles. The van der Waals surface area contributed by atoms with Crippen LogP contribution in [0.3, 0.4) is 0 Å². The second kappa shape index (κ2) is 9.36. The van der Waals surface area contributed by atoms with E-state index in [9.17, 15) is 19.7 Å². The van der Waals surface area contributed by atoms with Crippen molar-refractivity contribution in [2.45, 2.75) is 13.8 Å². The smallest absolute Gasteiger partial charge is 0.341 e. The van der Waals surface area contributed by atoms with E-state index in [1.165, 1.54) is 12.1 Å². The van der Waals surface area contributed by atoms with Gasteiger partial charge < -0.3 is 20.5 Å². The fourth-order valence-electron chi connectivity index (χ4n) is 2.41. The van der Waals surface area contributed by atoms with Crippen molar-refractivity contribution in [1.29, 1.82) is 0 Å². The third-order valence-corrected chi connectivity index (χ3v) is 3.81. The lowest BCUT2D eigenvalue weighted by atomic mass is 10.1. The molecule has 0 heterocycles. The number of esters is 1. The van der Waals surface area contributed by atoms with Gasteiger partial charge in [-0.15, -0.1) is 0 Å². The third kappa shape index (κ3) is 5.70. The Hall–Kier alpha value is -3.62. The molecule has 0 spiro atoms. The minimum Gasteiger partial charge on any atom is -0.491 e. The number of carbonyl (C=O) groups is 2. The van der Waals surface area contributed by atoms with Crippen LogP contribution in [0.2, 0.25) is 0 Å². The van der Waals surface area contributed by atoms with Gasteiger partial charge in [0.1, 0.15) is 12.4 Å². The molecule has 9 heteroatoms. The molecule has 0 saturated carbocycles. The summed E-state index contributed by atoms with van der Waals surface area (Å²) in [6, 6.07) is 9.20. The van der Waals surface area contributed by atoms with Crippen LogP contribution < -0.4 is 15.8 Å². The Morgan fingerprint density at radius 1 is 1.18 bits per heavy atom. The minimum atomic E-state index is -0.914. The molecule has 0 aliphatic carbocycles. The summed E-state index contributed by atoms with van der Waals surface area (Å²) in [6.07, 6.45) is 0. The maximum Gasteiger partial charge on any atom is 0.341 e. The zero-order valence-electron chi connectivity index (χ0n) is 15.6. The first-order valence-electron chi connectivity index (χ1n) is 8.45. The highest BCUT2D eigenvalue weighted by Crippen LogP contribution is 2.20. The Bertz CT molecular complexity index is 897. The van der Waals surface area contributed by atoms with Crippen LogP contribution in [0.4, 0.5) is 11.4 Å². The molecule has 9 nitrogen and oxygen atoms in total. The fourth-order valence-corrected chi connectivity index (χ4v) is 2.41. The zero-order chi connectivity index (χ0) is 20.7. The highest BCUT2D eigenvalue weighted by atomic mass is 16.6. The van der Waals surface area contributed by atoms with Gasteiger partial charge in [0.25, 0.3) is 11.6 Å². The lowest BCUT2D eigenvalue weighted by Gasteiger charge is -2.11. The number of nitro benzene ring substituents is 1. The summed E-state index contributed by atoms with van der Waals surface area (Å²) >= 11 is 0. The Morgan fingerprint density at radius 2 is 1.93 bits per heavy atom. The third-order valence-electron chi connectivity index (χ3n) is 3.81. The Labute approximate surface area is 161 Å². The molecule has 3 N–H and O–H groups in total. The van der Waals surface area contributed by atoms with Crippen molar-refractivity contribution >= 4 is 23.3 Å². The van der Waals surface area contributed by atoms with E-state index in [2.05, 4.69) is 5.32 Å². The minimum absolute atomic E-state index is 0.0258. The summed E-state index contributed by atoms with van der Waals surface area (Å²) in [5.41, 5.74) is 7.32. The number of amides is 1. The number of nitrogen functional groups attached to an aromatic ring is 1. The van der Waals surface area contributed by atoms with Gasteiger partial charge in [-0.25, -0.2) is 4.79 Å². The summed E-state index contributed by atoms with van der Waals surface area (Å²) in [6.45, 7) is 3.86. The number of benzene rings is 2. The molecular formula is C19H21N3O6. The number of hydrogen-bond donors (Lipinski definition) is 2. The van der Waals surface area contributed by atoms with E-state index >= 15 is 0 Å². The lowest BCUT2D eigenvalue weighted by molar-refractivity contribution is -0.384. The van der Waals surface area contributed by atoms with E-state index in [1.54, 1.807) is 0 Å². The Kier molecular flexibility index (Phi) is 6.91. The van der Waals surface area contributed by atoms with Gasteiger partial charge in [0.2, 0.25) is 0 Å². The van der Waals surface area contributed by atoms with Crippen molar-refractivity contribution in [1.82, 2.24) is 5.32 Å². The van der Waals surface area contributed by atoms with E-state index < -0.39 is 23.4 Å². The number of carbonyl (C=O) groups excluding carboxylic acids is 2. The zero-order valence-corrected chi connectivity index (χ0v) is 15.6. The first-order chi connectivity index (χ1) is 13.3. The van der Waals surface area contributed by atoms with Crippen molar-refractivity contribution in [3.63, 3.8) is 0 Å². The number of anilines is 1. The fraction of sp³-hybridized carbons (Fsp3) is 0.263. The average molecular weight is 387 g/mol. The SMILES string of the molecule is Cc1ccc(OCCNC(=O)COC(=O)c2cc([N+](=O)[O-])ccc2N)c(C)c1. The van der Waals surface area contributed by atoms with Gasteiger partial charge in [0.05, 0.1) is 17.0 Å². The van der Waals surface area contributed by atoms with Crippen molar-refractivity contribution in [3.05, 3.63) is 63.2 Å². The molecule has 148 valence electrons. The van der Waals surface area contributed by atoms with Crippen LogP contribution in [0.15, 0.2) is 36.4 Å². The van der Waals surface area contributed by atoms with Gasteiger partial charge >= 0.3 is 5.97 Å². The van der Waals surface area contributed by atoms with Gasteiger partial charge in [-0.2, -0.15) is 0 Å². The van der Waals surface area contributed by atoms with E-state index in [0.717, 1.165) is 22.9 Å². The summed E-state index contributed by atoms with van der Waals surface area (Å²) in [7, 11) is 0. The molecule has 0 aliphatic heterocycles. The molecule has 2 rings (SSSR count). The van der Waals surface area contributed by atoms with E-state index in [1.807, 2.05) is 32.0 Å². The van der Waals surface area contributed by atoms with Gasteiger partial charge in [0, 0.05) is 17.8 Å². The molecule has 0 unspecified atom stereocenters. The maximum atomic E-state index is 12.0. The van der Waals surface area contributed by atoms with E-state index in [0.29, 0.717) is 0 Å². The predicted molar refractivity (Wildman–Crippen MR) is 102 cm³/mol. The van der Waals surface area contributed by atoms with Crippen LogP contribution in [-0.2, 0) is 9.53 Å². The highest BCUT2D eigenvalue weighted by Gasteiger charge is 2.17. The Morgan fingerprint density at radius 3 is 2.61 bits per heavy atom. The van der Waals surface area contributed by atoms with Crippen LogP contribution in [0.1, 0.15) is 21.5 Å². The number of nitro groups is 1. The largest absolute Gasteiger partial charge is 0.491 e. The predicted octanol–water partition coefficient (Wildman–Crippen LogP) is 2.15.